The van der Waals surface area contributed by atoms with Gasteiger partial charge in [0.15, 0.2) is 5.76 Å². The third-order valence-corrected chi connectivity index (χ3v) is 3.18. The zero-order valence-corrected chi connectivity index (χ0v) is 10.9. The number of hydrogen-bond acceptors (Lipinski definition) is 3. The van der Waals surface area contributed by atoms with Crippen LogP contribution in [0.15, 0.2) is 45.9 Å². The first kappa shape index (κ1) is 11.7. The van der Waals surface area contributed by atoms with Gasteiger partial charge >= 0.3 is 0 Å². The summed E-state index contributed by atoms with van der Waals surface area (Å²) in [4.78, 5) is 16.9. The molecule has 0 aromatic carbocycles. The fraction of sp³-hybridized carbons (Fsp3) is 0.200. The van der Waals surface area contributed by atoms with Crippen molar-refractivity contribution in [2.45, 2.75) is 20.4 Å². The molecule has 0 amide bonds. The van der Waals surface area contributed by atoms with Gasteiger partial charge in [0.25, 0.3) is 5.56 Å². The van der Waals surface area contributed by atoms with E-state index in [4.69, 9.17) is 4.42 Å². The van der Waals surface area contributed by atoms with Crippen molar-refractivity contribution in [3.63, 3.8) is 0 Å². The van der Waals surface area contributed by atoms with Gasteiger partial charge in [-0.1, -0.05) is 0 Å². The summed E-state index contributed by atoms with van der Waals surface area (Å²) < 4.78 is 7.07. The first-order valence-electron chi connectivity index (χ1n) is 6.25. The molecule has 0 spiro atoms. The van der Waals surface area contributed by atoms with Crippen LogP contribution in [-0.2, 0) is 6.54 Å². The van der Waals surface area contributed by atoms with Crippen LogP contribution >= 0.6 is 0 Å². The highest BCUT2D eigenvalue weighted by Crippen LogP contribution is 2.25. The second kappa shape index (κ2) is 4.39. The van der Waals surface area contributed by atoms with Crippen molar-refractivity contribution in [2.24, 2.45) is 0 Å². The molecule has 0 bridgehead atoms. The molecule has 0 saturated heterocycles. The molecule has 0 radical (unpaired) electrons. The van der Waals surface area contributed by atoms with E-state index in [0.29, 0.717) is 23.4 Å². The van der Waals surface area contributed by atoms with E-state index in [-0.39, 0.29) is 5.56 Å². The number of furan rings is 1. The molecule has 0 aliphatic carbocycles. The lowest BCUT2D eigenvalue weighted by atomic mass is 10.1. The number of aryl methyl sites for hydroxylation is 2. The molecular weight excluding hydrogens is 240 g/mol. The number of hydrogen-bond donors (Lipinski definition) is 0. The second-order valence-corrected chi connectivity index (χ2v) is 4.46. The zero-order chi connectivity index (χ0) is 13.4. The number of fused-ring (bicyclic) bond motifs is 1. The Morgan fingerprint density at radius 2 is 2.21 bits per heavy atom. The van der Waals surface area contributed by atoms with E-state index >= 15 is 0 Å². The minimum Gasteiger partial charge on any atom is -0.463 e. The van der Waals surface area contributed by atoms with Gasteiger partial charge in [-0.05, 0) is 43.5 Å². The molecule has 0 fully saturated rings. The Bertz CT molecular complexity index is 786. The molecule has 3 aromatic rings. The van der Waals surface area contributed by atoms with Gasteiger partial charge in [0, 0.05) is 18.4 Å². The molecule has 4 heteroatoms. The first-order chi connectivity index (χ1) is 9.20. The lowest BCUT2D eigenvalue weighted by Crippen LogP contribution is -2.19. The van der Waals surface area contributed by atoms with Crippen LogP contribution < -0.4 is 5.56 Å². The van der Waals surface area contributed by atoms with Gasteiger partial charge in [0.2, 0.25) is 0 Å². The molecule has 19 heavy (non-hydrogen) atoms. The summed E-state index contributed by atoms with van der Waals surface area (Å²) in [6.45, 7) is 4.50. The summed E-state index contributed by atoms with van der Waals surface area (Å²) in [6.07, 6.45) is 3.41. The fourth-order valence-corrected chi connectivity index (χ4v) is 2.28. The molecule has 0 aliphatic heterocycles. The monoisotopic (exact) mass is 254 g/mol. The highest BCUT2D eigenvalue weighted by atomic mass is 16.3. The van der Waals surface area contributed by atoms with Crippen molar-refractivity contribution in [3.8, 4) is 11.5 Å². The largest absolute Gasteiger partial charge is 0.463 e. The predicted molar refractivity (Wildman–Crippen MR) is 74.1 cm³/mol. The lowest BCUT2D eigenvalue weighted by Gasteiger charge is -2.08. The normalized spacial score (nSPS) is 11.1. The van der Waals surface area contributed by atoms with Gasteiger partial charge < -0.3 is 8.98 Å². The molecule has 3 rings (SSSR count). The van der Waals surface area contributed by atoms with E-state index in [1.165, 1.54) is 0 Å². The highest BCUT2D eigenvalue weighted by molar-refractivity contribution is 5.92. The minimum atomic E-state index is -0.0288. The minimum absolute atomic E-state index is 0.0288. The third kappa shape index (κ3) is 1.85. The van der Waals surface area contributed by atoms with Crippen molar-refractivity contribution >= 4 is 10.8 Å². The van der Waals surface area contributed by atoms with Gasteiger partial charge in [-0.2, -0.15) is 0 Å². The summed E-state index contributed by atoms with van der Waals surface area (Å²) >= 11 is 0. The average molecular weight is 254 g/mol. The van der Waals surface area contributed by atoms with E-state index in [1.54, 1.807) is 16.9 Å². The molecule has 0 aliphatic rings. The Hall–Kier alpha value is -2.36. The Kier molecular flexibility index (Phi) is 2.71. The lowest BCUT2D eigenvalue weighted by molar-refractivity contribution is 0.580. The first-order valence-corrected chi connectivity index (χ1v) is 6.25. The molecular formula is C15H14N2O2. The molecule has 0 N–H and O–H groups in total. The van der Waals surface area contributed by atoms with Crippen molar-refractivity contribution in [3.05, 3.63) is 52.8 Å². The summed E-state index contributed by atoms with van der Waals surface area (Å²) in [5.74, 6) is 0.625. The molecule has 0 unspecified atom stereocenters. The van der Waals surface area contributed by atoms with E-state index in [9.17, 15) is 4.79 Å². The van der Waals surface area contributed by atoms with Crippen LogP contribution in [0.2, 0.25) is 0 Å². The number of rotatable bonds is 2. The Labute approximate surface area is 110 Å². The quantitative estimate of drug-likeness (QED) is 0.706. The van der Waals surface area contributed by atoms with Crippen LogP contribution in [0, 0.1) is 6.92 Å². The van der Waals surface area contributed by atoms with Gasteiger partial charge in [-0.25, -0.2) is 4.98 Å². The number of nitrogens with zero attached hydrogens (tertiary/aromatic N) is 2. The third-order valence-electron chi connectivity index (χ3n) is 3.18. The Morgan fingerprint density at radius 1 is 1.37 bits per heavy atom. The van der Waals surface area contributed by atoms with Crippen LogP contribution in [0.1, 0.15) is 12.6 Å². The van der Waals surface area contributed by atoms with Crippen LogP contribution in [-0.4, -0.2) is 9.55 Å². The van der Waals surface area contributed by atoms with E-state index in [1.807, 2.05) is 38.2 Å². The molecule has 4 nitrogen and oxygen atoms in total. The number of pyridine rings is 2. The topological polar surface area (TPSA) is 48.0 Å². The van der Waals surface area contributed by atoms with Gasteiger partial charge in [-0.3, -0.25) is 4.79 Å². The van der Waals surface area contributed by atoms with E-state index in [2.05, 4.69) is 4.98 Å². The summed E-state index contributed by atoms with van der Waals surface area (Å²) in [5, 5.41) is 1.51. The average Bonchev–Trinajstić information content (AvgIpc) is 2.92. The molecule has 96 valence electrons. The molecule has 3 aromatic heterocycles. The zero-order valence-electron chi connectivity index (χ0n) is 10.9. The summed E-state index contributed by atoms with van der Waals surface area (Å²) in [7, 11) is 0. The van der Waals surface area contributed by atoms with Crippen molar-refractivity contribution < 1.29 is 4.42 Å². The summed E-state index contributed by atoms with van der Waals surface area (Å²) in [5.41, 5.74) is 1.46. The smallest absolute Gasteiger partial charge is 0.260 e. The maximum absolute atomic E-state index is 12.5. The SMILES string of the molecule is CCn1ccc2cc(C)nc(-c3ccco3)c2c1=O. The molecule has 0 atom stereocenters. The van der Waals surface area contributed by atoms with E-state index < -0.39 is 0 Å². The van der Waals surface area contributed by atoms with Crippen LogP contribution in [0.4, 0.5) is 0 Å². The van der Waals surface area contributed by atoms with Gasteiger partial charge in [0.1, 0.15) is 5.69 Å². The summed E-state index contributed by atoms with van der Waals surface area (Å²) in [6, 6.07) is 7.49. The highest BCUT2D eigenvalue weighted by Gasteiger charge is 2.13. The Morgan fingerprint density at radius 3 is 2.89 bits per heavy atom. The van der Waals surface area contributed by atoms with Crippen LogP contribution in [0.5, 0.6) is 0 Å². The second-order valence-electron chi connectivity index (χ2n) is 4.46. The Balaban J connectivity index is 2.46. The molecule has 0 saturated carbocycles. The molecule has 3 heterocycles. The predicted octanol–water partition coefficient (Wildman–Crippen LogP) is 2.98. The van der Waals surface area contributed by atoms with Crippen LogP contribution in [0.25, 0.3) is 22.2 Å². The van der Waals surface area contributed by atoms with Gasteiger partial charge in [-0.15, -0.1) is 0 Å². The van der Waals surface area contributed by atoms with Crippen molar-refractivity contribution in [1.82, 2.24) is 9.55 Å². The van der Waals surface area contributed by atoms with Gasteiger partial charge in [0.05, 0.1) is 11.6 Å². The fourth-order valence-electron chi connectivity index (χ4n) is 2.28. The van der Waals surface area contributed by atoms with Crippen LogP contribution in [0.3, 0.4) is 0 Å². The standard InChI is InChI=1S/C15H14N2O2/c1-3-17-7-6-11-9-10(2)16-14(13(11)15(17)18)12-5-4-8-19-12/h4-9H,3H2,1-2H3. The maximum Gasteiger partial charge on any atom is 0.260 e. The van der Waals surface area contributed by atoms with Crippen molar-refractivity contribution in [2.75, 3.05) is 0 Å². The van der Waals surface area contributed by atoms with Crippen molar-refractivity contribution in [1.29, 1.82) is 0 Å². The van der Waals surface area contributed by atoms with E-state index in [0.717, 1.165) is 11.1 Å². The number of aromatic nitrogens is 2. The maximum atomic E-state index is 12.5.